The Labute approximate surface area is 147 Å². The minimum atomic E-state index is -0.0340. The second-order valence-corrected chi connectivity index (χ2v) is 7.34. The number of anilines is 1. The Kier molecular flexibility index (Phi) is 3.77. The number of rotatable bonds is 3. The highest BCUT2D eigenvalue weighted by Crippen LogP contribution is 2.52. The summed E-state index contributed by atoms with van der Waals surface area (Å²) in [6.45, 7) is 3.24. The molecule has 1 aliphatic heterocycles. The Hall–Kier alpha value is -1.99. The highest BCUT2D eigenvalue weighted by atomic mass is 35.5. The highest BCUT2D eigenvalue weighted by Gasteiger charge is 2.60. The number of piperidine rings is 1. The molecule has 0 spiro atoms. The topological polar surface area (TPSA) is 75.2 Å². The van der Waals surface area contributed by atoms with Crippen molar-refractivity contribution >= 4 is 40.4 Å². The van der Waals surface area contributed by atoms with Crippen LogP contribution < -0.4 is 5.32 Å². The van der Waals surface area contributed by atoms with Gasteiger partial charge in [-0.15, -0.1) is 0 Å². The Balaban J connectivity index is 1.35. The van der Waals surface area contributed by atoms with Gasteiger partial charge in [0.25, 0.3) is 5.91 Å². The molecule has 24 heavy (non-hydrogen) atoms. The van der Waals surface area contributed by atoms with Crippen molar-refractivity contribution in [1.82, 2.24) is 14.9 Å². The van der Waals surface area contributed by atoms with Crippen LogP contribution in [0.15, 0.2) is 23.2 Å². The lowest BCUT2D eigenvalue weighted by Crippen LogP contribution is -2.33. The average molecular weight is 363 g/mol. The van der Waals surface area contributed by atoms with E-state index >= 15 is 0 Å². The fourth-order valence-electron chi connectivity index (χ4n) is 3.43. The zero-order valence-corrected chi connectivity index (χ0v) is 14.5. The number of aryl methyl sites for hydroxylation is 1. The van der Waals surface area contributed by atoms with Crippen LogP contribution in [0.1, 0.15) is 15.9 Å². The van der Waals surface area contributed by atoms with E-state index in [2.05, 4.69) is 15.3 Å². The molecule has 1 saturated heterocycles. The van der Waals surface area contributed by atoms with Gasteiger partial charge < -0.3 is 10.2 Å². The third-order valence-electron chi connectivity index (χ3n) is 4.76. The van der Waals surface area contributed by atoms with Gasteiger partial charge in [0, 0.05) is 24.4 Å². The number of halogens is 1. The maximum atomic E-state index is 12.5. The monoisotopic (exact) mass is 362 g/mol. The standard InChI is InChI=1S/C16H15ClN4O2S/c1-8-6-24-7-12(8)15(23)21-4-10-11(5-21)13(10)14(22)20-9-2-18-16(17)19-3-9/h2-3,6-7,10-11,13H,4-5H2,1H3,(H,20,22). The van der Waals surface area contributed by atoms with E-state index in [4.69, 9.17) is 11.6 Å². The third-order valence-corrected chi connectivity index (χ3v) is 5.81. The molecule has 2 aromatic heterocycles. The van der Waals surface area contributed by atoms with Gasteiger partial charge in [0.15, 0.2) is 0 Å². The Bertz CT molecular complexity index is 795. The lowest BCUT2D eigenvalue weighted by atomic mass is 10.2. The number of carbonyl (C=O) groups excluding carboxylic acids is 2. The van der Waals surface area contributed by atoms with Gasteiger partial charge in [0.2, 0.25) is 11.2 Å². The third kappa shape index (κ3) is 2.67. The van der Waals surface area contributed by atoms with E-state index in [0.717, 1.165) is 11.1 Å². The van der Waals surface area contributed by atoms with E-state index in [1.807, 2.05) is 22.6 Å². The molecule has 3 heterocycles. The van der Waals surface area contributed by atoms with Crippen molar-refractivity contribution in [2.75, 3.05) is 18.4 Å². The van der Waals surface area contributed by atoms with Crippen LogP contribution in [0.3, 0.4) is 0 Å². The molecule has 0 radical (unpaired) electrons. The molecule has 2 fully saturated rings. The first-order valence-electron chi connectivity index (χ1n) is 7.65. The number of fused-ring (bicyclic) bond motifs is 1. The van der Waals surface area contributed by atoms with Crippen molar-refractivity contribution < 1.29 is 9.59 Å². The van der Waals surface area contributed by atoms with Crippen LogP contribution in [0, 0.1) is 24.7 Å². The van der Waals surface area contributed by atoms with Gasteiger partial charge in [-0.05, 0) is 41.3 Å². The first-order valence-corrected chi connectivity index (χ1v) is 8.97. The maximum Gasteiger partial charge on any atom is 0.254 e. The second kappa shape index (κ2) is 5.82. The van der Waals surface area contributed by atoms with Gasteiger partial charge in [-0.1, -0.05) is 0 Å². The number of amides is 2. The van der Waals surface area contributed by atoms with E-state index in [9.17, 15) is 9.59 Å². The lowest BCUT2D eigenvalue weighted by molar-refractivity contribution is -0.118. The van der Waals surface area contributed by atoms with Gasteiger partial charge >= 0.3 is 0 Å². The van der Waals surface area contributed by atoms with Gasteiger partial charge in [0.05, 0.1) is 23.6 Å². The lowest BCUT2D eigenvalue weighted by Gasteiger charge is -2.19. The largest absolute Gasteiger partial charge is 0.338 e. The average Bonchev–Trinajstić information content (AvgIpc) is 2.89. The predicted molar refractivity (Wildman–Crippen MR) is 91.1 cm³/mol. The van der Waals surface area contributed by atoms with E-state index < -0.39 is 0 Å². The molecule has 2 unspecified atom stereocenters. The van der Waals surface area contributed by atoms with Crippen molar-refractivity contribution in [3.05, 3.63) is 39.6 Å². The number of likely N-dealkylation sites (tertiary alicyclic amines) is 1. The molecule has 6 nitrogen and oxygen atoms in total. The summed E-state index contributed by atoms with van der Waals surface area (Å²) in [7, 11) is 0. The second-order valence-electron chi connectivity index (χ2n) is 6.26. The molecular formula is C16H15ClN4O2S. The fraction of sp³-hybridized carbons (Fsp3) is 0.375. The number of nitrogens with zero attached hydrogens (tertiary/aromatic N) is 3. The summed E-state index contributed by atoms with van der Waals surface area (Å²) < 4.78 is 0. The smallest absolute Gasteiger partial charge is 0.254 e. The highest BCUT2D eigenvalue weighted by molar-refractivity contribution is 7.08. The predicted octanol–water partition coefficient (Wildman–Crippen LogP) is 2.46. The zero-order valence-electron chi connectivity index (χ0n) is 12.9. The molecule has 8 heteroatoms. The molecule has 4 rings (SSSR count). The van der Waals surface area contributed by atoms with E-state index in [0.29, 0.717) is 18.8 Å². The fourth-order valence-corrected chi connectivity index (χ4v) is 4.35. The number of thiophene rings is 1. The normalized spacial score (nSPS) is 24.6. The van der Waals surface area contributed by atoms with Crippen LogP contribution in [0.4, 0.5) is 5.69 Å². The number of carbonyl (C=O) groups is 2. The van der Waals surface area contributed by atoms with Crippen LogP contribution in [0.2, 0.25) is 5.28 Å². The minimum absolute atomic E-state index is 0.0327. The van der Waals surface area contributed by atoms with Crippen molar-refractivity contribution in [1.29, 1.82) is 0 Å². The van der Waals surface area contributed by atoms with Crippen LogP contribution in [0.5, 0.6) is 0 Å². The van der Waals surface area contributed by atoms with Crippen molar-refractivity contribution in [2.45, 2.75) is 6.92 Å². The molecule has 124 valence electrons. The van der Waals surface area contributed by atoms with Crippen LogP contribution in [-0.2, 0) is 4.79 Å². The van der Waals surface area contributed by atoms with Gasteiger partial charge in [0.1, 0.15) is 0 Å². The molecule has 1 aliphatic carbocycles. The van der Waals surface area contributed by atoms with Gasteiger partial charge in [-0.25, -0.2) is 9.97 Å². The SMILES string of the molecule is Cc1cscc1C(=O)N1CC2C(C1)C2C(=O)Nc1cnc(Cl)nc1. The number of aromatic nitrogens is 2. The Morgan fingerprint density at radius 3 is 2.50 bits per heavy atom. The molecule has 2 atom stereocenters. The van der Waals surface area contributed by atoms with Crippen molar-refractivity contribution in [2.24, 2.45) is 17.8 Å². The molecule has 1 N–H and O–H groups in total. The quantitative estimate of drug-likeness (QED) is 0.851. The number of nitrogens with one attached hydrogen (secondary N) is 1. The Morgan fingerprint density at radius 1 is 1.25 bits per heavy atom. The van der Waals surface area contributed by atoms with Gasteiger partial charge in [-0.3, -0.25) is 9.59 Å². The molecule has 0 aromatic carbocycles. The molecule has 2 aliphatic rings. The first kappa shape index (κ1) is 15.5. The minimum Gasteiger partial charge on any atom is -0.338 e. The summed E-state index contributed by atoms with van der Waals surface area (Å²) in [5.41, 5.74) is 2.33. The molecule has 0 bridgehead atoms. The summed E-state index contributed by atoms with van der Waals surface area (Å²) in [6, 6.07) is 0. The summed E-state index contributed by atoms with van der Waals surface area (Å²) in [4.78, 5) is 34.4. The summed E-state index contributed by atoms with van der Waals surface area (Å²) in [5.74, 6) is 0.511. The van der Waals surface area contributed by atoms with Crippen LogP contribution in [-0.4, -0.2) is 39.8 Å². The molecule has 1 saturated carbocycles. The summed E-state index contributed by atoms with van der Waals surface area (Å²) in [5, 5.41) is 6.84. The van der Waals surface area contributed by atoms with E-state index in [1.54, 1.807) is 11.3 Å². The van der Waals surface area contributed by atoms with E-state index in [-0.39, 0.29) is 34.9 Å². The summed E-state index contributed by atoms with van der Waals surface area (Å²) in [6.07, 6.45) is 2.97. The van der Waals surface area contributed by atoms with Crippen LogP contribution >= 0.6 is 22.9 Å². The molecule has 2 amide bonds. The molecule has 2 aromatic rings. The van der Waals surface area contributed by atoms with Crippen LogP contribution in [0.25, 0.3) is 0 Å². The first-order chi connectivity index (χ1) is 11.5. The maximum absolute atomic E-state index is 12.5. The Morgan fingerprint density at radius 2 is 1.92 bits per heavy atom. The zero-order chi connectivity index (χ0) is 16.8. The van der Waals surface area contributed by atoms with Crippen molar-refractivity contribution in [3.8, 4) is 0 Å². The molecular weight excluding hydrogens is 348 g/mol. The van der Waals surface area contributed by atoms with E-state index in [1.165, 1.54) is 12.4 Å². The number of hydrogen-bond donors (Lipinski definition) is 1. The number of hydrogen-bond acceptors (Lipinski definition) is 5. The van der Waals surface area contributed by atoms with Gasteiger partial charge in [-0.2, -0.15) is 11.3 Å². The van der Waals surface area contributed by atoms with Crippen molar-refractivity contribution in [3.63, 3.8) is 0 Å². The summed E-state index contributed by atoms with van der Waals surface area (Å²) >= 11 is 7.17.